The minimum atomic E-state index is -0.199. The molecule has 4 rings (SSSR count). The van der Waals surface area contributed by atoms with Gasteiger partial charge in [-0.05, 0) is 35.9 Å². The highest BCUT2D eigenvalue weighted by Gasteiger charge is 2.38. The molecule has 1 fully saturated rings. The first kappa shape index (κ1) is 16.8. The van der Waals surface area contributed by atoms with Gasteiger partial charge >= 0.3 is 0 Å². The molecule has 0 saturated carbocycles. The highest BCUT2D eigenvalue weighted by Crippen LogP contribution is 2.42. The van der Waals surface area contributed by atoms with Gasteiger partial charge in [-0.15, -0.1) is 12.4 Å². The normalized spacial score (nSPS) is 21.8. The standard InChI is InChI=1S/C19H17FN2O.ClH/c20-16-4-1-13(2-5-16)9-22-10-15-12-23-19-6-3-14(8-21)7-17(19)18(15)11-22;/h1-7,15,18H,9-12H2;1H/t15-,18+;/m0./s1. The van der Waals surface area contributed by atoms with Crippen LogP contribution < -0.4 is 4.74 Å². The first-order valence-electron chi connectivity index (χ1n) is 7.86. The molecule has 0 N–H and O–H groups in total. The third-order valence-electron chi connectivity index (χ3n) is 4.83. The van der Waals surface area contributed by atoms with E-state index in [-0.39, 0.29) is 18.2 Å². The van der Waals surface area contributed by atoms with Crippen LogP contribution in [-0.4, -0.2) is 24.6 Å². The molecular weight excluding hydrogens is 327 g/mol. The number of ether oxygens (including phenoxy) is 1. The van der Waals surface area contributed by atoms with Crippen LogP contribution in [-0.2, 0) is 6.54 Å². The van der Waals surface area contributed by atoms with Gasteiger partial charge in [0, 0.05) is 37.0 Å². The van der Waals surface area contributed by atoms with Crippen LogP contribution >= 0.6 is 12.4 Å². The zero-order valence-electron chi connectivity index (χ0n) is 13.1. The number of nitriles is 1. The summed E-state index contributed by atoms with van der Waals surface area (Å²) in [6.07, 6.45) is 0. The van der Waals surface area contributed by atoms with Gasteiger partial charge in [-0.3, -0.25) is 4.90 Å². The molecular formula is C19H18ClFN2O. The second kappa shape index (κ2) is 6.80. The van der Waals surface area contributed by atoms with Crippen molar-refractivity contribution in [3.05, 3.63) is 65.0 Å². The van der Waals surface area contributed by atoms with Gasteiger partial charge in [0.2, 0.25) is 0 Å². The molecule has 0 aromatic heterocycles. The molecule has 2 aliphatic rings. The number of fused-ring (bicyclic) bond motifs is 3. The number of hydrogen-bond donors (Lipinski definition) is 0. The average Bonchev–Trinajstić information content (AvgIpc) is 2.99. The quantitative estimate of drug-likeness (QED) is 0.833. The van der Waals surface area contributed by atoms with Gasteiger partial charge in [-0.2, -0.15) is 5.26 Å². The van der Waals surface area contributed by atoms with Crippen LogP contribution in [0.1, 0.15) is 22.6 Å². The van der Waals surface area contributed by atoms with Crippen molar-refractivity contribution in [3.63, 3.8) is 0 Å². The summed E-state index contributed by atoms with van der Waals surface area (Å²) < 4.78 is 18.9. The van der Waals surface area contributed by atoms with E-state index in [0.717, 1.165) is 43.1 Å². The van der Waals surface area contributed by atoms with E-state index in [4.69, 9.17) is 10.00 Å². The minimum Gasteiger partial charge on any atom is -0.493 e. The molecule has 0 radical (unpaired) electrons. The van der Waals surface area contributed by atoms with Crippen LogP contribution in [0.3, 0.4) is 0 Å². The number of halogens is 2. The van der Waals surface area contributed by atoms with Crippen molar-refractivity contribution in [1.29, 1.82) is 5.26 Å². The lowest BCUT2D eigenvalue weighted by atomic mass is 9.86. The van der Waals surface area contributed by atoms with Crippen LogP contribution in [0.25, 0.3) is 0 Å². The lowest BCUT2D eigenvalue weighted by Crippen LogP contribution is -2.25. The van der Waals surface area contributed by atoms with E-state index in [1.54, 1.807) is 0 Å². The van der Waals surface area contributed by atoms with Crippen LogP contribution in [0.4, 0.5) is 4.39 Å². The van der Waals surface area contributed by atoms with Crippen molar-refractivity contribution in [1.82, 2.24) is 4.90 Å². The van der Waals surface area contributed by atoms with Crippen molar-refractivity contribution in [2.24, 2.45) is 5.92 Å². The van der Waals surface area contributed by atoms with E-state index < -0.39 is 0 Å². The number of likely N-dealkylation sites (tertiary alicyclic amines) is 1. The smallest absolute Gasteiger partial charge is 0.123 e. The Labute approximate surface area is 147 Å². The Balaban J connectivity index is 0.00000169. The van der Waals surface area contributed by atoms with Crippen molar-refractivity contribution < 1.29 is 9.13 Å². The summed E-state index contributed by atoms with van der Waals surface area (Å²) >= 11 is 0. The van der Waals surface area contributed by atoms with Crippen LogP contribution in [0, 0.1) is 23.1 Å². The fraction of sp³-hybridized carbons (Fsp3) is 0.316. The van der Waals surface area contributed by atoms with E-state index >= 15 is 0 Å². The van der Waals surface area contributed by atoms with E-state index in [0.29, 0.717) is 17.4 Å². The van der Waals surface area contributed by atoms with Gasteiger partial charge in [0.1, 0.15) is 11.6 Å². The van der Waals surface area contributed by atoms with Crippen molar-refractivity contribution in [2.45, 2.75) is 12.5 Å². The van der Waals surface area contributed by atoms with Gasteiger partial charge < -0.3 is 4.74 Å². The Morgan fingerprint density at radius 2 is 1.96 bits per heavy atom. The van der Waals surface area contributed by atoms with E-state index in [1.165, 1.54) is 12.1 Å². The molecule has 2 atom stereocenters. The van der Waals surface area contributed by atoms with Crippen molar-refractivity contribution in [3.8, 4) is 11.8 Å². The van der Waals surface area contributed by atoms with E-state index in [9.17, 15) is 4.39 Å². The molecule has 0 amide bonds. The molecule has 2 heterocycles. The summed E-state index contributed by atoms with van der Waals surface area (Å²) in [5.41, 5.74) is 2.96. The third-order valence-corrected chi connectivity index (χ3v) is 4.83. The molecule has 3 nitrogen and oxygen atoms in total. The third kappa shape index (κ3) is 3.10. The fourth-order valence-electron chi connectivity index (χ4n) is 3.69. The molecule has 0 unspecified atom stereocenters. The van der Waals surface area contributed by atoms with Gasteiger partial charge in [-0.1, -0.05) is 12.1 Å². The maximum Gasteiger partial charge on any atom is 0.123 e. The van der Waals surface area contributed by atoms with E-state index in [1.807, 2.05) is 30.3 Å². The highest BCUT2D eigenvalue weighted by atomic mass is 35.5. The zero-order valence-corrected chi connectivity index (χ0v) is 13.9. The Hall–Kier alpha value is -2.09. The number of rotatable bonds is 2. The molecule has 2 aliphatic heterocycles. The Morgan fingerprint density at radius 3 is 2.71 bits per heavy atom. The second-order valence-electron chi connectivity index (χ2n) is 6.36. The highest BCUT2D eigenvalue weighted by molar-refractivity contribution is 5.85. The van der Waals surface area contributed by atoms with Crippen molar-refractivity contribution in [2.75, 3.05) is 19.7 Å². The molecule has 0 bridgehead atoms. The summed E-state index contributed by atoms with van der Waals surface area (Å²) in [5, 5.41) is 9.12. The summed E-state index contributed by atoms with van der Waals surface area (Å²) in [6, 6.07) is 14.6. The number of benzene rings is 2. The lowest BCUT2D eigenvalue weighted by molar-refractivity contribution is 0.212. The molecule has 24 heavy (non-hydrogen) atoms. The second-order valence-corrected chi connectivity index (χ2v) is 6.36. The molecule has 5 heteroatoms. The molecule has 124 valence electrons. The number of hydrogen-bond acceptors (Lipinski definition) is 3. The van der Waals surface area contributed by atoms with E-state index in [2.05, 4.69) is 11.0 Å². The largest absolute Gasteiger partial charge is 0.493 e. The first-order chi connectivity index (χ1) is 11.2. The maximum absolute atomic E-state index is 13.0. The van der Waals surface area contributed by atoms with Gasteiger partial charge in [0.25, 0.3) is 0 Å². The first-order valence-corrected chi connectivity index (χ1v) is 7.86. The minimum absolute atomic E-state index is 0. The molecule has 0 spiro atoms. The summed E-state index contributed by atoms with van der Waals surface area (Å²) in [4.78, 5) is 2.39. The Bertz CT molecular complexity index is 772. The fourth-order valence-corrected chi connectivity index (χ4v) is 3.69. The van der Waals surface area contributed by atoms with Gasteiger partial charge in [0.05, 0.1) is 18.2 Å². The monoisotopic (exact) mass is 344 g/mol. The van der Waals surface area contributed by atoms with Crippen LogP contribution in [0.15, 0.2) is 42.5 Å². The number of nitrogens with zero attached hydrogens (tertiary/aromatic N) is 2. The summed E-state index contributed by atoms with van der Waals surface area (Å²) in [7, 11) is 0. The predicted octanol–water partition coefficient (Wildman–Crippen LogP) is 3.73. The Kier molecular flexibility index (Phi) is 4.75. The Morgan fingerprint density at radius 1 is 1.17 bits per heavy atom. The molecule has 2 aromatic rings. The maximum atomic E-state index is 13.0. The average molecular weight is 345 g/mol. The van der Waals surface area contributed by atoms with Gasteiger partial charge in [0.15, 0.2) is 0 Å². The molecule has 1 saturated heterocycles. The zero-order chi connectivity index (χ0) is 15.8. The van der Waals surface area contributed by atoms with Crippen molar-refractivity contribution >= 4 is 12.4 Å². The predicted molar refractivity (Wildman–Crippen MR) is 91.8 cm³/mol. The summed E-state index contributed by atoms with van der Waals surface area (Å²) in [5.74, 6) is 1.58. The van der Waals surface area contributed by atoms with Crippen LogP contribution in [0.2, 0.25) is 0 Å². The molecule has 0 aliphatic carbocycles. The lowest BCUT2D eigenvalue weighted by Gasteiger charge is -2.27. The van der Waals surface area contributed by atoms with Gasteiger partial charge in [-0.25, -0.2) is 4.39 Å². The topological polar surface area (TPSA) is 36.3 Å². The summed E-state index contributed by atoms with van der Waals surface area (Å²) in [6.45, 7) is 3.47. The molecule has 2 aromatic carbocycles. The SMILES string of the molecule is Cl.N#Cc1ccc2c(c1)[C@@H]1CN(Cc3ccc(F)cc3)C[C@H]1CO2. The van der Waals surface area contributed by atoms with Crippen LogP contribution in [0.5, 0.6) is 5.75 Å².